The van der Waals surface area contributed by atoms with E-state index < -0.39 is 4.87 Å². The van der Waals surface area contributed by atoms with Gasteiger partial charge in [-0.1, -0.05) is 41.4 Å². The van der Waals surface area contributed by atoms with Crippen molar-refractivity contribution in [1.29, 1.82) is 0 Å². The standard InChI is InChI=1S/C21H18Cl2N2O2S/c22-15-7-8-18-16(11-15)21(25(9-10-28-21)19(26)13-5-6-13)20(27)24(18)12-14-3-1-2-4-17(14)23/h1-4,7-8,11,13H,5-6,9-10,12H2/t21-/m0/s1. The van der Waals surface area contributed by atoms with E-state index in [0.717, 1.165) is 35.4 Å². The third kappa shape index (κ3) is 2.67. The first-order chi connectivity index (χ1) is 13.5. The topological polar surface area (TPSA) is 40.6 Å². The van der Waals surface area contributed by atoms with Crippen LogP contribution in [0.5, 0.6) is 0 Å². The maximum atomic E-state index is 13.8. The van der Waals surface area contributed by atoms with E-state index in [1.54, 1.807) is 15.9 Å². The van der Waals surface area contributed by atoms with E-state index in [1.165, 1.54) is 11.8 Å². The molecular formula is C21H18Cl2N2O2S. The summed E-state index contributed by atoms with van der Waals surface area (Å²) in [6, 6.07) is 13.0. The number of carbonyl (C=O) groups is 2. The zero-order chi connectivity index (χ0) is 19.5. The number of thioether (sulfide) groups is 1. The maximum Gasteiger partial charge on any atom is 0.268 e. The lowest BCUT2D eigenvalue weighted by atomic mass is 10.1. The number of rotatable bonds is 3. The van der Waals surface area contributed by atoms with Crippen molar-refractivity contribution in [3.8, 4) is 0 Å². The summed E-state index contributed by atoms with van der Waals surface area (Å²) >= 11 is 14.2. The third-order valence-electron chi connectivity index (χ3n) is 5.63. The molecule has 1 atom stereocenters. The fourth-order valence-corrected chi connectivity index (χ4v) is 5.94. The highest BCUT2D eigenvalue weighted by Crippen LogP contribution is 2.56. The third-order valence-corrected chi connectivity index (χ3v) is 7.66. The maximum absolute atomic E-state index is 13.8. The molecular weight excluding hydrogens is 415 g/mol. The first-order valence-electron chi connectivity index (χ1n) is 9.33. The van der Waals surface area contributed by atoms with Gasteiger partial charge in [0, 0.05) is 33.8 Å². The van der Waals surface area contributed by atoms with Crippen LogP contribution in [0.25, 0.3) is 0 Å². The number of fused-ring (bicyclic) bond motifs is 2. The van der Waals surface area contributed by atoms with Crippen LogP contribution in [0.4, 0.5) is 5.69 Å². The summed E-state index contributed by atoms with van der Waals surface area (Å²) in [6.45, 7) is 0.943. The molecule has 2 heterocycles. The molecule has 0 bridgehead atoms. The van der Waals surface area contributed by atoms with E-state index in [-0.39, 0.29) is 17.7 Å². The van der Waals surface area contributed by atoms with Crippen LogP contribution in [-0.2, 0) is 21.0 Å². The van der Waals surface area contributed by atoms with Gasteiger partial charge >= 0.3 is 0 Å². The van der Waals surface area contributed by atoms with Crippen LogP contribution < -0.4 is 4.90 Å². The summed E-state index contributed by atoms with van der Waals surface area (Å²) in [5.41, 5.74) is 2.49. The van der Waals surface area contributed by atoms with Crippen molar-refractivity contribution >= 4 is 52.5 Å². The minimum atomic E-state index is -1.01. The molecule has 3 aliphatic rings. The molecule has 1 saturated heterocycles. The van der Waals surface area contributed by atoms with Crippen LogP contribution in [0.2, 0.25) is 10.0 Å². The highest BCUT2D eigenvalue weighted by molar-refractivity contribution is 8.01. The number of halogens is 2. The molecule has 2 aliphatic heterocycles. The number of nitrogens with zero attached hydrogens (tertiary/aromatic N) is 2. The van der Waals surface area contributed by atoms with E-state index in [4.69, 9.17) is 23.2 Å². The van der Waals surface area contributed by atoms with Crippen molar-refractivity contribution in [2.45, 2.75) is 24.3 Å². The highest BCUT2D eigenvalue weighted by Gasteiger charge is 2.60. The quantitative estimate of drug-likeness (QED) is 0.706. The predicted octanol–water partition coefficient (Wildman–Crippen LogP) is 4.68. The molecule has 1 spiro atoms. The molecule has 7 heteroatoms. The van der Waals surface area contributed by atoms with Crippen molar-refractivity contribution < 1.29 is 9.59 Å². The van der Waals surface area contributed by atoms with Crippen molar-refractivity contribution in [1.82, 2.24) is 4.90 Å². The molecule has 5 rings (SSSR count). The number of anilines is 1. The molecule has 0 unspecified atom stereocenters. The van der Waals surface area contributed by atoms with E-state index in [9.17, 15) is 9.59 Å². The Kier molecular flexibility index (Phi) is 4.38. The number of amides is 2. The van der Waals surface area contributed by atoms with Crippen LogP contribution >= 0.6 is 35.0 Å². The van der Waals surface area contributed by atoms with Crippen LogP contribution in [0.15, 0.2) is 42.5 Å². The van der Waals surface area contributed by atoms with Gasteiger partial charge in [0.05, 0.1) is 12.2 Å². The van der Waals surface area contributed by atoms with E-state index in [0.29, 0.717) is 23.1 Å². The number of hydrogen-bond donors (Lipinski definition) is 0. The van der Waals surface area contributed by atoms with Gasteiger partial charge in [0.2, 0.25) is 5.91 Å². The molecule has 2 fully saturated rings. The number of hydrogen-bond acceptors (Lipinski definition) is 3. The average molecular weight is 433 g/mol. The second-order valence-corrected chi connectivity index (χ2v) is 9.53. The first kappa shape index (κ1) is 18.3. The lowest BCUT2D eigenvalue weighted by Gasteiger charge is -2.33. The Morgan fingerprint density at radius 3 is 2.71 bits per heavy atom. The van der Waals surface area contributed by atoms with E-state index in [2.05, 4.69) is 0 Å². The van der Waals surface area contributed by atoms with Crippen molar-refractivity contribution in [2.24, 2.45) is 5.92 Å². The second-order valence-electron chi connectivity index (χ2n) is 7.40. The van der Waals surface area contributed by atoms with Gasteiger partial charge in [-0.05, 0) is 42.7 Å². The Bertz CT molecular complexity index is 994. The van der Waals surface area contributed by atoms with E-state index in [1.807, 2.05) is 36.4 Å². The molecule has 28 heavy (non-hydrogen) atoms. The lowest BCUT2D eigenvalue weighted by Crippen LogP contribution is -2.50. The summed E-state index contributed by atoms with van der Waals surface area (Å²) in [5.74, 6) is 0.796. The van der Waals surface area contributed by atoms with Crippen LogP contribution in [-0.4, -0.2) is 29.0 Å². The molecule has 0 N–H and O–H groups in total. The zero-order valence-electron chi connectivity index (χ0n) is 15.0. The van der Waals surface area contributed by atoms with Gasteiger partial charge in [-0.2, -0.15) is 0 Å². The van der Waals surface area contributed by atoms with Gasteiger partial charge < -0.3 is 9.80 Å². The Labute approximate surface area is 177 Å². The molecule has 2 aromatic carbocycles. The average Bonchev–Trinajstić information content (AvgIpc) is 3.40. The Morgan fingerprint density at radius 1 is 1.18 bits per heavy atom. The summed E-state index contributed by atoms with van der Waals surface area (Å²) < 4.78 is 0. The summed E-state index contributed by atoms with van der Waals surface area (Å²) in [4.78, 5) is 29.3. The molecule has 144 valence electrons. The largest absolute Gasteiger partial charge is 0.315 e. The van der Waals surface area contributed by atoms with Gasteiger partial charge in [-0.25, -0.2) is 0 Å². The summed E-state index contributed by atoms with van der Waals surface area (Å²) in [5, 5.41) is 1.19. The van der Waals surface area contributed by atoms with Gasteiger partial charge in [0.15, 0.2) is 4.87 Å². The molecule has 1 aliphatic carbocycles. The normalized spacial score (nSPS) is 23.6. The van der Waals surface area contributed by atoms with Gasteiger partial charge in [-0.3, -0.25) is 9.59 Å². The van der Waals surface area contributed by atoms with Crippen LogP contribution in [0.3, 0.4) is 0 Å². The first-order valence-corrected chi connectivity index (χ1v) is 11.1. The van der Waals surface area contributed by atoms with Gasteiger partial charge in [-0.15, -0.1) is 11.8 Å². The monoisotopic (exact) mass is 432 g/mol. The zero-order valence-corrected chi connectivity index (χ0v) is 17.4. The summed E-state index contributed by atoms with van der Waals surface area (Å²) in [6.07, 6.45) is 1.83. The number of benzene rings is 2. The van der Waals surface area contributed by atoms with Crippen molar-refractivity contribution in [2.75, 3.05) is 17.2 Å². The van der Waals surface area contributed by atoms with Gasteiger partial charge in [0.25, 0.3) is 5.91 Å². The molecule has 0 aromatic heterocycles. The van der Waals surface area contributed by atoms with Crippen molar-refractivity contribution in [3.63, 3.8) is 0 Å². The molecule has 1 saturated carbocycles. The molecule has 4 nitrogen and oxygen atoms in total. The Hall–Kier alpha value is -1.69. The Morgan fingerprint density at radius 2 is 1.96 bits per heavy atom. The second kappa shape index (κ2) is 6.68. The molecule has 2 amide bonds. The minimum absolute atomic E-state index is 0.0589. The smallest absolute Gasteiger partial charge is 0.268 e. The number of carbonyl (C=O) groups excluding carboxylic acids is 2. The summed E-state index contributed by atoms with van der Waals surface area (Å²) in [7, 11) is 0. The molecule has 2 aromatic rings. The molecule has 0 radical (unpaired) electrons. The fourth-order valence-electron chi connectivity index (χ4n) is 4.11. The van der Waals surface area contributed by atoms with E-state index >= 15 is 0 Å². The SMILES string of the molecule is O=C(C1CC1)N1CCS[C@@]12C(=O)N(Cc1ccccc1Cl)c1ccc(Cl)cc12. The van der Waals surface area contributed by atoms with Crippen LogP contribution in [0.1, 0.15) is 24.0 Å². The Balaban J connectivity index is 1.61. The highest BCUT2D eigenvalue weighted by atomic mass is 35.5. The fraction of sp³-hybridized carbons (Fsp3) is 0.333. The van der Waals surface area contributed by atoms with Gasteiger partial charge in [0.1, 0.15) is 0 Å². The van der Waals surface area contributed by atoms with Crippen molar-refractivity contribution in [3.05, 3.63) is 63.6 Å². The van der Waals surface area contributed by atoms with Crippen LogP contribution in [0, 0.1) is 5.92 Å². The lowest BCUT2D eigenvalue weighted by molar-refractivity contribution is -0.141. The minimum Gasteiger partial charge on any atom is -0.315 e. The predicted molar refractivity (Wildman–Crippen MR) is 113 cm³/mol.